The Labute approximate surface area is 219 Å². The van der Waals surface area contributed by atoms with Crippen LogP contribution in [0.2, 0.25) is 0 Å². The van der Waals surface area contributed by atoms with Crippen LogP contribution in [0.1, 0.15) is 29.2 Å². The third kappa shape index (κ3) is 5.14. The molecule has 4 aromatic carbocycles. The molecule has 0 unspecified atom stereocenters. The number of hydrogen-bond donors (Lipinski definition) is 1. The summed E-state index contributed by atoms with van der Waals surface area (Å²) in [7, 11) is 0. The summed E-state index contributed by atoms with van der Waals surface area (Å²) in [5.41, 5.74) is 6.94. The molecular weight excluding hydrogens is 775 g/mol. The van der Waals surface area contributed by atoms with E-state index in [0.717, 1.165) is 16.8 Å². The maximum absolute atomic E-state index is 11.3. The standard InChI is InChI=1S/C27H21NO.3BrH.Ta/c1-27(23-15-7-5-13-21(23)22-14-6-8-16-24(22)27)25-17-9-10-19(26(25)29)18-28-20-11-3-2-4-12-20;;;;/h2-18,29H,1H3;3*1H;/q;;;;+3/p-3. The average Bonchev–Trinajstić information content (AvgIpc) is 3.09. The van der Waals surface area contributed by atoms with Crippen LogP contribution in [-0.4, -0.2) is 11.3 Å². The van der Waals surface area contributed by atoms with E-state index in [2.05, 4.69) is 99.5 Å². The van der Waals surface area contributed by atoms with Gasteiger partial charge in [-0.1, -0.05) is 78.9 Å². The average molecular weight is 796 g/mol. The molecule has 0 aliphatic heterocycles. The number of para-hydroxylation sites is 2. The summed E-state index contributed by atoms with van der Waals surface area (Å²) in [5, 5.41) is 11.3. The molecule has 0 saturated heterocycles. The van der Waals surface area contributed by atoms with Gasteiger partial charge in [-0.05, 0) is 47.4 Å². The molecule has 0 aromatic heterocycles. The van der Waals surface area contributed by atoms with Crippen molar-refractivity contribution in [2.45, 2.75) is 12.3 Å². The molecule has 33 heavy (non-hydrogen) atoms. The number of halogens is 3. The third-order valence-corrected chi connectivity index (χ3v) is 5.94. The normalized spacial score (nSPS) is 13.4. The van der Waals surface area contributed by atoms with Crippen molar-refractivity contribution in [2.24, 2.45) is 4.99 Å². The second-order valence-electron chi connectivity index (χ2n) is 7.74. The van der Waals surface area contributed by atoms with Crippen LogP contribution < -0.4 is 0 Å². The molecule has 0 heterocycles. The van der Waals surface area contributed by atoms with E-state index in [9.17, 15) is 5.11 Å². The number of aliphatic imine (C=N–C) groups is 1. The molecule has 0 amide bonds. The van der Waals surface area contributed by atoms with Crippen molar-refractivity contribution in [1.82, 2.24) is 0 Å². The van der Waals surface area contributed by atoms with E-state index < -0.39 is 17.5 Å². The number of rotatable bonds is 3. The second-order valence-corrected chi connectivity index (χ2v) is 49.9. The third-order valence-electron chi connectivity index (χ3n) is 5.94. The predicted molar refractivity (Wildman–Crippen MR) is 146 cm³/mol. The zero-order chi connectivity index (χ0) is 23.4. The van der Waals surface area contributed by atoms with Crippen molar-refractivity contribution in [3.8, 4) is 16.9 Å². The maximum atomic E-state index is 11.3. The van der Waals surface area contributed by atoms with Gasteiger partial charge in [-0.15, -0.1) is 0 Å². The fraction of sp³-hybridized carbons (Fsp3) is 0.0741. The van der Waals surface area contributed by atoms with E-state index in [1.54, 1.807) is 6.21 Å². The first kappa shape index (κ1) is 24.6. The summed E-state index contributed by atoms with van der Waals surface area (Å²) in [6.45, 7) is 2.20. The summed E-state index contributed by atoms with van der Waals surface area (Å²) in [4.78, 5) is 4.53. The van der Waals surface area contributed by atoms with E-state index in [4.69, 9.17) is 0 Å². The van der Waals surface area contributed by atoms with Crippen molar-refractivity contribution in [2.75, 3.05) is 0 Å². The summed E-state index contributed by atoms with van der Waals surface area (Å²) in [5.74, 6) is 0.279. The molecule has 2 nitrogen and oxygen atoms in total. The van der Waals surface area contributed by atoms with Crippen molar-refractivity contribution < 1.29 is 17.1 Å². The first-order chi connectivity index (χ1) is 15.9. The number of nitrogens with zero attached hydrogens (tertiary/aromatic N) is 1. The number of phenols is 1. The van der Waals surface area contributed by atoms with Crippen LogP contribution >= 0.6 is 39.1 Å². The molecule has 166 valence electrons. The number of benzene rings is 4. The van der Waals surface area contributed by atoms with Gasteiger partial charge in [-0.25, -0.2) is 0 Å². The van der Waals surface area contributed by atoms with Crippen molar-refractivity contribution in [3.05, 3.63) is 119 Å². The molecule has 4 aromatic rings. The molecule has 6 heteroatoms. The SMILES string of the molecule is CC1(c2cccc(C=Nc3ccccc3)c2O)c2ccccc2-c2ccccc21.[Br][Ta]([Br])[Br]. The molecule has 0 radical (unpaired) electrons. The molecule has 0 spiro atoms. The Bertz CT molecular complexity index is 1240. The van der Waals surface area contributed by atoms with Crippen LogP contribution in [0.3, 0.4) is 0 Å². The minimum atomic E-state index is -1.16. The van der Waals surface area contributed by atoms with Crippen molar-refractivity contribution >= 4 is 51.0 Å². The zero-order valence-electron chi connectivity index (χ0n) is 17.8. The molecule has 5 rings (SSSR count). The number of phenolic OH excluding ortho intramolecular Hbond substituents is 1. The molecule has 1 aliphatic carbocycles. The van der Waals surface area contributed by atoms with Crippen LogP contribution in [0.4, 0.5) is 5.69 Å². The molecule has 1 N–H and O–H groups in total. The molecular formula is C27H21Br3NOTa. The van der Waals surface area contributed by atoms with Crippen LogP contribution in [0.15, 0.2) is 102 Å². The van der Waals surface area contributed by atoms with E-state index in [-0.39, 0.29) is 5.75 Å². The first-order valence-electron chi connectivity index (χ1n) is 10.3. The van der Waals surface area contributed by atoms with Gasteiger partial charge in [0.1, 0.15) is 5.75 Å². The summed E-state index contributed by atoms with van der Waals surface area (Å²) < 4.78 is 0. The van der Waals surface area contributed by atoms with Gasteiger partial charge in [0.25, 0.3) is 0 Å². The predicted octanol–water partition coefficient (Wildman–Crippen LogP) is 9.01. The van der Waals surface area contributed by atoms with E-state index >= 15 is 0 Å². The van der Waals surface area contributed by atoms with Crippen LogP contribution in [0.25, 0.3) is 11.1 Å². The van der Waals surface area contributed by atoms with Gasteiger partial charge < -0.3 is 5.11 Å². The topological polar surface area (TPSA) is 32.6 Å². The van der Waals surface area contributed by atoms with Crippen LogP contribution in [0.5, 0.6) is 5.75 Å². The van der Waals surface area contributed by atoms with E-state index in [0.29, 0.717) is 0 Å². The van der Waals surface area contributed by atoms with Crippen LogP contribution in [-0.2, 0) is 17.5 Å². The first-order valence-corrected chi connectivity index (χ1v) is 31.4. The van der Waals surface area contributed by atoms with Crippen LogP contribution in [0, 0.1) is 0 Å². The zero-order valence-corrected chi connectivity index (χ0v) is 25.8. The fourth-order valence-electron chi connectivity index (χ4n) is 4.47. The summed E-state index contributed by atoms with van der Waals surface area (Å²) >= 11 is 8.77. The fourth-order valence-corrected chi connectivity index (χ4v) is 4.47. The minimum absolute atomic E-state index is 0.279. The Balaban J connectivity index is 0.000000601. The summed E-state index contributed by atoms with van der Waals surface area (Å²) in [6, 6.07) is 32.6. The molecule has 0 bridgehead atoms. The number of aromatic hydroxyl groups is 1. The molecule has 1 aliphatic rings. The molecule has 0 fully saturated rings. The van der Waals surface area contributed by atoms with Gasteiger partial charge in [0.15, 0.2) is 0 Å². The van der Waals surface area contributed by atoms with Gasteiger partial charge in [-0.3, -0.25) is 4.99 Å². The Morgan fingerprint density at radius 3 is 1.76 bits per heavy atom. The number of fused-ring (bicyclic) bond motifs is 3. The monoisotopic (exact) mass is 793 g/mol. The van der Waals surface area contributed by atoms with E-state index in [1.165, 1.54) is 22.3 Å². The van der Waals surface area contributed by atoms with Gasteiger partial charge in [0, 0.05) is 22.8 Å². The molecule has 0 saturated carbocycles. The van der Waals surface area contributed by atoms with E-state index in [1.807, 2.05) is 48.5 Å². The van der Waals surface area contributed by atoms with Gasteiger partial charge in [0.05, 0.1) is 5.69 Å². The summed E-state index contributed by atoms with van der Waals surface area (Å²) in [6.07, 6.45) is 1.74. The molecule has 0 atom stereocenters. The van der Waals surface area contributed by atoms with Gasteiger partial charge in [0.2, 0.25) is 0 Å². The number of hydrogen-bond acceptors (Lipinski definition) is 2. The Morgan fingerprint density at radius 2 is 1.18 bits per heavy atom. The Hall–Kier alpha value is -1.47. The van der Waals surface area contributed by atoms with Crippen molar-refractivity contribution in [1.29, 1.82) is 0 Å². The van der Waals surface area contributed by atoms with Gasteiger partial charge in [-0.2, -0.15) is 0 Å². The quantitative estimate of drug-likeness (QED) is 0.207. The Morgan fingerprint density at radius 1 is 0.697 bits per heavy atom. The second kappa shape index (κ2) is 10.9. The van der Waals surface area contributed by atoms with Gasteiger partial charge >= 0.3 is 51.1 Å². The van der Waals surface area contributed by atoms with Crippen molar-refractivity contribution in [3.63, 3.8) is 0 Å². The Kier molecular flexibility index (Phi) is 8.11.